The summed E-state index contributed by atoms with van der Waals surface area (Å²) in [6, 6.07) is 0. The van der Waals surface area contributed by atoms with Crippen LogP contribution in [0.3, 0.4) is 0 Å². The van der Waals surface area contributed by atoms with Gasteiger partial charge in [-0.25, -0.2) is 0 Å². The minimum atomic E-state index is -0.131. The number of hydrogen-bond donors (Lipinski definition) is 0. The normalized spacial score (nSPS) is 11.4. The summed E-state index contributed by atoms with van der Waals surface area (Å²) >= 11 is 0. The van der Waals surface area contributed by atoms with E-state index in [1.807, 2.05) is 0 Å². The minimum absolute atomic E-state index is 0.131. The van der Waals surface area contributed by atoms with E-state index >= 15 is 0 Å². The van der Waals surface area contributed by atoms with Gasteiger partial charge in [0.2, 0.25) is 0 Å². The summed E-state index contributed by atoms with van der Waals surface area (Å²) in [5.74, 6) is -0.261. The van der Waals surface area contributed by atoms with Gasteiger partial charge in [-0.05, 0) is 12.8 Å². The van der Waals surface area contributed by atoms with Crippen LogP contribution in [0.15, 0.2) is 0 Å². The van der Waals surface area contributed by atoms with Crippen LogP contribution < -0.4 is 0 Å². The van der Waals surface area contributed by atoms with Crippen LogP contribution in [0.2, 0.25) is 0 Å². The molecule has 0 aliphatic heterocycles. The second kappa shape index (κ2) is 55.0. The first-order valence-corrected chi connectivity index (χ1v) is 28.1. The van der Waals surface area contributed by atoms with Crippen molar-refractivity contribution in [3.05, 3.63) is 0 Å². The lowest BCUT2D eigenvalue weighted by molar-refractivity contribution is -0.146. The van der Waals surface area contributed by atoms with Gasteiger partial charge in [0.15, 0.2) is 0 Å². The third-order valence-corrected chi connectivity index (χ3v) is 13.0. The molecule has 0 atom stereocenters. The Balaban J connectivity index is 3.22. The van der Waals surface area contributed by atoms with Crippen LogP contribution in [0, 0.1) is 0 Å². The molecule has 0 aromatic heterocycles. The van der Waals surface area contributed by atoms with Gasteiger partial charge in [-0.3, -0.25) is 9.59 Å². The average molecular weight is 863 g/mol. The first-order valence-electron chi connectivity index (χ1n) is 28.1. The zero-order chi connectivity index (χ0) is 44.0. The molecule has 61 heavy (non-hydrogen) atoms. The van der Waals surface area contributed by atoms with Crippen LogP contribution >= 0.6 is 0 Å². The summed E-state index contributed by atoms with van der Waals surface area (Å²) in [6.07, 6.45) is 64.1. The Morgan fingerprint density at radius 3 is 0.574 bits per heavy atom. The number of esters is 2. The fraction of sp³-hybridized carbons (Fsp3) is 0.964. The molecule has 0 fully saturated rings. The Bertz CT molecular complexity index is 764. The summed E-state index contributed by atoms with van der Waals surface area (Å²) in [7, 11) is 0. The molecule has 0 saturated heterocycles. The molecule has 0 aliphatic rings. The number of carbonyl (C=O) groups excluding carboxylic acids is 2. The maximum Gasteiger partial charge on any atom is 0.305 e. The lowest BCUT2D eigenvalue weighted by Gasteiger charge is -2.07. The molecule has 5 nitrogen and oxygen atoms in total. The Morgan fingerprint density at radius 2 is 0.393 bits per heavy atom. The maximum atomic E-state index is 12.0. The van der Waals surface area contributed by atoms with E-state index in [4.69, 9.17) is 14.2 Å². The topological polar surface area (TPSA) is 61.8 Å². The van der Waals surface area contributed by atoms with Crippen molar-refractivity contribution in [1.29, 1.82) is 0 Å². The average Bonchev–Trinajstić information content (AvgIpc) is 3.26. The predicted molar refractivity (Wildman–Crippen MR) is 266 cm³/mol. The number of hydrogen-bond acceptors (Lipinski definition) is 5. The summed E-state index contributed by atoms with van der Waals surface area (Å²) in [5.41, 5.74) is 0. The lowest BCUT2D eigenvalue weighted by atomic mass is 10.0. The van der Waals surface area contributed by atoms with Gasteiger partial charge in [-0.15, -0.1) is 0 Å². The van der Waals surface area contributed by atoms with E-state index in [0.29, 0.717) is 26.1 Å². The second-order valence-electron chi connectivity index (χ2n) is 19.1. The Hall–Kier alpha value is -1.10. The van der Waals surface area contributed by atoms with Crippen molar-refractivity contribution in [2.45, 2.75) is 322 Å². The monoisotopic (exact) mass is 863 g/mol. The van der Waals surface area contributed by atoms with Gasteiger partial charge < -0.3 is 14.2 Å². The smallest absolute Gasteiger partial charge is 0.305 e. The SMILES string of the molecule is CCCCCCCCCCCCCCCCCCCCCCCCCC(=O)OCCOCCOC(=O)CCCCCCCCCCCCCCCCCCCCCCCCC. The van der Waals surface area contributed by atoms with Crippen molar-refractivity contribution in [3.63, 3.8) is 0 Å². The van der Waals surface area contributed by atoms with E-state index in [0.717, 1.165) is 25.7 Å². The number of ether oxygens (including phenoxy) is 3. The summed E-state index contributed by atoms with van der Waals surface area (Å²) in [4.78, 5) is 24.0. The molecule has 0 unspecified atom stereocenters. The number of rotatable bonds is 54. The number of carbonyl (C=O) groups is 2. The molecule has 0 spiro atoms. The summed E-state index contributed by atoms with van der Waals surface area (Å²) in [5, 5.41) is 0. The molecule has 0 bridgehead atoms. The molecule has 0 aromatic rings. The van der Waals surface area contributed by atoms with E-state index in [-0.39, 0.29) is 25.2 Å². The highest BCUT2D eigenvalue weighted by molar-refractivity contribution is 5.69. The Labute approximate surface area is 382 Å². The van der Waals surface area contributed by atoms with Crippen LogP contribution in [0.4, 0.5) is 0 Å². The Morgan fingerprint density at radius 1 is 0.230 bits per heavy atom. The van der Waals surface area contributed by atoms with Crippen molar-refractivity contribution in [3.8, 4) is 0 Å². The fourth-order valence-electron chi connectivity index (χ4n) is 8.78. The van der Waals surface area contributed by atoms with E-state index in [9.17, 15) is 9.59 Å². The molecule has 364 valence electrons. The van der Waals surface area contributed by atoms with Gasteiger partial charge in [0.25, 0.3) is 0 Å². The van der Waals surface area contributed by atoms with Gasteiger partial charge in [-0.1, -0.05) is 296 Å². The summed E-state index contributed by atoms with van der Waals surface area (Å²) in [6.45, 7) is 5.83. The van der Waals surface area contributed by atoms with E-state index < -0.39 is 0 Å². The highest BCUT2D eigenvalue weighted by Crippen LogP contribution is 2.18. The highest BCUT2D eigenvalue weighted by Gasteiger charge is 2.05. The molecule has 0 rings (SSSR count). The van der Waals surface area contributed by atoms with Crippen LogP contribution in [-0.2, 0) is 23.8 Å². The highest BCUT2D eigenvalue weighted by atomic mass is 16.6. The molecule has 5 heteroatoms. The molecule has 0 aliphatic carbocycles. The first kappa shape index (κ1) is 59.9. The van der Waals surface area contributed by atoms with Gasteiger partial charge >= 0.3 is 11.9 Å². The van der Waals surface area contributed by atoms with Gasteiger partial charge in [0.1, 0.15) is 13.2 Å². The lowest BCUT2D eigenvalue weighted by Crippen LogP contribution is -2.14. The van der Waals surface area contributed by atoms with Gasteiger partial charge in [-0.2, -0.15) is 0 Å². The molecule has 0 amide bonds. The van der Waals surface area contributed by atoms with Crippen molar-refractivity contribution in [1.82, 2.24) is 0 Å². The van der Waals surface area contributed by atoms with Crippen molar-refractivity contribution in [2.75, 3.05) is 26.4 Å². The third kappa shape index (κ3) is 55.0. The van der Waals surface area contributed by atoms with Crippen LogP contribution in [0.1, 0.15) is 322 Å². The van der Waals surface area contributed by atoms with E-state index in [1.165, 1.54) is 270 Å². The van der Waals surface area contributed by atoms with E-state index in [1.54, 1.807) is 0 Å². The Kier molecular flexibility index (Phi) is 54.0. The molecular formula is C56H110O5. The largest absolute Gasteiger partial charge is 0.463 e. The number of unbranched alkanes of at least 4 members (excludes halogenated alkanes) is 44. The summed E-state index contributed by atoms with van der Waals surface area (Å²) < 4.78 is 16.1. The van der Waals surface area contributed by atoms with Crippen LogP contribution in [-0.4, -0.2) is 38.4 Å². The standard InChI is InChI=1S/C56H110O5/c1-3-5-7-9-11-13-15-17-19-21-23-25-27-29-31-33-35-37-39-41-43-45-47-49-55(57)60-53-51-59-52-54-61-56(58)50-48-46-44-42-40-38-36-34-32-30-28-26-24-22-20-18-16-14-12-10-8-6-4-2/h3-54H2,1-2H3. The molecule has 0 saturated carbocycles. The molecule has 0 aromatic carbocycles. The molecule has 0 radical (unpaired) electrons. The maximum absolute atomic E-state index is 12.0. The van der Waals surface area contributed by atoms with Crippen LogP contribution in [0.25, 0.3) is 0 Å². The minimum Gasteiger partial charge on any atom is -0.463 e. The van der Waals surface area contributed by atoms with Crippen LogP contribution in [0.5, 0.6) is 0 Å². The second-order valence-corrected chi connectivity index (χ2v) is 19.1. The first-order chi connectivity index (χ1) is 30.2. The van der Waals surface area contributed by atoms with Gasteiger partial charge in [0, 0.05) is 12.8 Å². The van der Waals surface area contributed by atoms with Crippen molar-refractivity contribution >= 4 is 11.9 Å². The molecular weight excluding hydrogens is 753 g/mol. The van der Waals surface area contributed by atoms with E-state index in [2.05, 4.69) is 13.8 Å². The molecule has 0 N–H and O–H groups in total. The van der Waals surface area contributed by atoms with Crippen molar-refractivity contribution in [2.24, 2.45) is 0 Å². The zero-order valence-electron chi connectivity index (χ0n) is 41.8. The van der Waals surface area contributed by atoms with Crippen molar-refractivity contribution < 1.29 is 23.8 Å². The zero-order valence-corrected chi connectivity index (χ0v) is 41.8. The fourth-order valence-corrected chi connectivity index (χ4v) is 8.78. The quantitative estimate of drug-likeness (QED) is 0.0450. The third-order valence-electron chi connectivity index (χ3n) is 13.0. The van der Waals surface area contributed by atoms with Gasteiger partial charge in [0.05, 0.1) is 13.2 Å². The molecule has 0 heterocycles. The predicted octanol–water partition coefficient (Wildman–Crippen LogP) is 18.9.